The van der Waals surface area contributed by atoms with Crippen LogP contribution < -0.4 is 10.1 Å². The largest absolute Gasteiger partial charge is 0.495 e. The Morgan fingerprint density at radius 3 is 2.85 bits per heavy atom. The highest BCUT2D eigenvalue weighted by atomic mass is 32.2. The minimum atomic E-state index is 0.253. The fraction of sp³-hybridized carbons (Fsp3) is 0.312. The third-order valence-corrected chi connectivity index (χ3v) is 4.21. The molecule has 1 aromatic heterocycles. The number of rotatable bonds is 6. The van der Waals surface area contributed by atoms with Gasteiger partial charge in [0.15, 0.2) is 0 Å². The number of hydrogen-bond acceptors (Lipinski definition) is 4. The van der Waals surface area contributed by atoms with Crippen molar-refractivity contribution in [1.82, 2.24) is 10.3 Å². The average molecular weight is 288 g/mol. The van der Waals surface area contributed by atoms with E-state index in [0.29, 0.717) is 0 Å². The molecule has 2 aromatic rings. The number of nitrogens with one attached hydrogen (secondary N) is 1. The summed E-state index contributed by atoms with van der Waals surface area (Å²) in [4.78, 5) is 5.51. The maximum Gasteiger partial charge on any atom is 0.137 e. The van der Waals surface area contributed by atoms with E-state index in [4.69, 9.17) is 4.74 Å². The minimum Gasteiger partial charge on any atom is -0.495 e. The van der Waals surface area contributed by atoms with Crippen LogP contribution in [0.1, 0.15) is 17.2 Å². The Labute approximate surface area is 124 Å². The lowest BCUT2D eigenvalue weighted by Crippen LogP contribution is -2.19. The predicted octanol–water partition coefficient (Wildman–Crippen LogP) is 3.45. The second-order valence-corrected chi connectivity index (χ2v) is 5.72. The van der Waals surface area contributed by atoms with E-state index >= 15 is 0 Å². The van der Waals surface area contributed by atoms with Crippen LogP contribution in [0.3, 0.4) is 0 Å². The Kier molecular flexibility index (Phi) is 5.44. The summed E-state index contributed by atoms with van der Waals surface area (Å²) in [6.45, 7) is 2.12. The van der Waals surface area contributed by atoms with Crippen LogP contribution in [0.15, 0.2) is 47.6 Å². The monoisotopic (exact) mass is 288 g/mol. The SMILES string of the molecule is CNC(CSc1cccc(C)c1)c1cncc(OC)c1. The van der Waals surface area contributed by atoms with Crippen LogP contribution in [0.25, 0.3) is 0 Å². The first-order valence-electron chi connectivity index (χ1n) is 6.58. The summed E-state index contributed by atoms with van der Waals surface area (Å²) in [6, 6.07) is 10.9. The van der Waals surface area contributed by atoms with Crippen molar-refractivity contribution in [3.05, 3.63) is 53.9 Å². The van der Waals surface area contributed by atoms with Crippen molar-refractivity contribution in [3.63, 3.8) is 0 Å². The van der Waals surface area contributed by atoms with Crippen molar-refractivity contribution >= 4 is 11.8 Å². The summed E-state index contributed by atoms with van der Waals surface area (Å²) < 4.78 is 5.23. The van der Waals surface area contributed by atoms with Crippen molar-refractivity contribution < 1.29 is 4.74 Å². The molecule has 0 aliphatic carbocycles. The van der Waals surface area contributed by atoms with E-state index in [0.717, 1.165) is 17.1 Å². The number of benzene rings is 1. The summed E-state index contributed by atoms with van der Waals surface area (Å²) in [5.41, 5.74) is 2.44. The van der Waals surface area contributed by atoms with Gasteiger partial charge in [0, 0.05) is 22.9 Å². The van der Waals surface area contributed by atoms with E-state index in [1.807, 2.05) is 31.1 Å². The van der Waals surface area contributed by atoms with E-state index in [9.17, 15) is 0 Å². The third-order valence-electron chi connectivity index (χ3n) is 3.13. The Balaban J connectivity index is 2.05. The summed E-state index contributed by atoms with van der Waals surface area (Å²) in [7, 11) is 3.64. The zero-order valence-corrected chi connectivity index (χ0v) is 12.9. The highest BCUT2D eigenvalue weighted by Gasteiger charge is 2.11. The molecule has 106 valence electrons. The van der Waals surface area contributed by atoms with Crippen molar-refractivity contribution in [2.24, 2.45) is 0 Å². The number of methoxy groups -OCH3 is 1. The summed E-state index contributed by atoms with van der Waals surface area (Å²) in [5.74, 6) is 1.75. The molecular weight excluding hydrogens is 268 g/mol. The van der Waals surface area contributed by atoms with Crippen LogP contribution in [0.2, 0.25) is 0 Å². The smallest absolute Gasteiger partial charge is 0.137 e. The Hall–Kier alpha value is -1.52. The molecule has 1 aromatic carbocycles. The van der Waals surface area contributed by atoms with Gasteiger partial charge in [-0.1, -0.05) is 17.7 Å². The van der Waals surface area contributed by atoms with Gasteiger partial charge in [0.25, 0.3) is 0 Å². The van der Waals surface area contributed by atoms with Gasteiger partial charge in [-0.2, -0.15) is 0 Å². The van der Waals surface area contributed by atoms with Crippen LogP contribution in [-0.2, 0) is 0 Å². The summed E-state index contributed by atoms with van der Waals surface area (Å²) in [5, 5.41) is 3.34. The molecule has 3 nitrogen and oxygen atoms in total. The third kappa shape index (κ3) is 3.99. The Bertz CT molecular complexity index is 560. The molecule has 0 saturated carbocycles. The lowest BCUT2D eigenvalue weighted by molar-refractivity contribution is 0.411. The predicted molar refractivity (Wildman–Crippen MR) is 84.5 cm³/mol. The zero-order chi connectivity index (χ0) is 14.4. The maximum atomic E-state index is 5.23. The number of ether oxygens (including phenoxy) is 1. The van der Waals surface area contributed by atoms with Crippen molar-refractivity contribution in [2.45, 2.75) is 17.9 Å². The molecule has 0 amide bonds. The molecule has 1 atom stereocenters. The van der Waals surface area contributed by atoms with E-state index in [1.54, 1.807) is 13.3 Å². The molecule has 0 fully saturated rings. The molecule has 1 heterocycles. The molecular formula is C16H20N2OS. The molecule has 1 N–H and O–H groups in total. The lowest BCUT2D eigenvalue weighted by atomic mass is 10.1. The van der Waals surface area contributed by atoms with Crippen molar-refractivity contribution in [2.75, 3.05) is 19.9 Å². The van der Waals surface area contributed by atoms with Crippen LogP contribution in [0.4, 0.5) is 0 Å². The summed E-state index contributed by atoms with van der Waals surface area (Å²) in [6.07, 6.45) is 3.62. The van der Waals surface area contributed by atoms with Crippen LogP contribution in [0, 0.1) is 6.92 Å². The lowest BCUT2D eigenvalue weighted by Gasteiger charge is -2.16. The average Bonchev–Trinajstić information content (AvgIpc) is 2.48. The van der Waals surface area contributed by atoms with Gasteiger partial charge >= 0.3 is 0 Å². The topological polar surface area (TPSA) is 34.2 Å². The van der Waals surface area contributed by atoms with Gasteiger partial charge in [-0.05, 0) is 37.7 Å². The van der Waals surface area contributed by atoms with E-state index < -0.39 is 0 Å². The van der Waals surface area contributed by atoms with Gasteiger partial charge in [-0.3, -0.25) is 4.98 Å². The van der Waals surface area contributed by atoms with Crippen LogP contribution in [0.5, 0.6) is 5.75 Å². The number of aryl methyl sites for hydroxylation is 1. The molecule has 0 aliphatic rings. The highest BCUT2D eigenvalue weighted by molar-refractivity contribution is 7.99. The van der Waals surface area contributed by atoms with Gasteiger partial charge in [0.05, 0.1) is 13.3 Å². The number of nitrogens with zero attached hydrogens (tertiary/aromatic N) is 1. The molecule has 0 saturated heterocycles. The first-order valence-corrected chi connectivity index (χ1v) is 7.57. The minimum absolute atomic E-state index is 0.253. The first-order chi connectivity index (χ1) is 9.72. The van der Waals surface area contributed by atoms with Crippen LogP contribution in [-0.4, -0.2) is 24.9 Å². The molecule has 4 heteroatoms. The van der Waals surface area contributed by atoms with Crippen molar-refractivity contribution in [1.29, 1.82) is 0 Å². The normalized spacial score (nSPS) is 12.2. The standard InChI is InChI=1S/C16H20N2OS/c1-12-5-4-6-15(7-12)20-11-16(17-2)13-8-14(19-3)10-18-9-13/h4-10,16-17H,11H2,1-3H3. The van der Waals surface area contributed by atoms with Gasteiger partial charge < -0.3 is 10.1 Å². The molecule has 0 radical (unpaired) electrons. The molecule has 0 bridgehead atoms. The zero-order valence-electron chi connectivity index (χ0n) is 12.1. The van der Waals surface area contributed by atoms with E-state index in [-0.39, 0.29) is 6.04 Å². The number of hydrogen-bond donors (Lipinski definition) is 1. The molecule has 0 aliphatic heterocycles. The molecule has 1 unspecified atom stereocenters. The quantitative estimate of drug-likeness (QED) is 0.826. The fourth-order valence-electron chi connectivity index (χ4n) is 1.97. The van der Waals surface area contributed by atoms with E-state index in [1.165, 1.54) is 10.5 Å². The molecule has 2 rings (SSSR count). The number of aromatic nitrogens is 1. The van der Waals surface area contributed by atoms with Gasteiger partial charge in [0.1, 0.15) is 5.75 Å². The van der Waals surface area contributed by atoms with E-state index in [2.05, 4.69) is 41.5 Å². The second-order valence-electron chi connectivity index (χ2n) is 4.63. The number of thioether (sulfide) groups is 1. The van der Waals surface area contributed by atoms with Crippen molar-refractivity contribution in [3.8, 4) is 5.75 Å². The fourth-order valence-corrected chi connectivity index (χ4v) is 3.13. The van der Waals surface area contributed by atoms with Gasteiger partial charge in [0.2, 0.25) is 0 Å². The first kappa shape index (κ1) is 14.9. The van der Waals surface area contributed by atoms with Crippen LogP contribution >= 0.6 is 11.8 Å². The second kappa shape index (κ2) is 7.31. The maximum absolute atomic E-state index is 5.23. The number of pyridine rings is 1. The Morgan fingerprint density at radius 2 is 2.15 bits per heavy atom. The molecule has 0 spiro atoms. The summed E-state index contributed by atoms with van der Waals surface area (Å²) >= 11 is 1.84. The highest BCUT2D eigenvalue weighted by Crippen LogP contribution is 2.26. The Morgan fingerprint density at radius 1 is 1.30 bits per heavy atom. The van der Waals surface area contributed by atoms with Gasteiger partial charge in [-0.25, -0.2) is 0 Å². The molecule has 20 heavy (non-hydrogen) atoms. The van der Waals surface area contributed by atoms with Gasteiger partial charge in [-0.15, -0.1) is 11.8 Å².